The van der Waals surface area contributed by atoms with Crippen LogP contribution in [0.3, 0.4) is 0 Å². The van der Waals surface area contributed by atoms with Crippen LogP contribution in [0, 0.1) is 18.3 Å². The van der Waals surface area contributed by atoms with Gasteiger partial charge in [-0.2, -0.15) is 5.26 Å². The number of halogens is 1. The van der Waals surface area contributed by atoms with Crippen molar-refractivity contribution in [2.24, 2.45) is 0 Å². The molecule has 142 valence electrons. The Bertz CT molecular complexity index is 1230. The SMILES string of the molecule is Cc1c(Cl)ccc2sc(N(Cc3ccccn3)C(=O)c3ccc(C#N)cc3)nc12. The molecule has 29 heavy (non-hydrogen) atoms. The Labute approximate surface area is 176 Å². The van der Waals surface area contributed by atoms with Gasteiger partial charge in [-0.3, -0.25) is 14.7 Å². The maximum Gasteiger partial charge on any atom is 0.260 e. The molecule has 4 aromatic rings. The number of carbonyl (C=O) groups is 1. The van der Waals surface area contributed by atoms with Gasteiger partial charge >= 0.3 is 0 Å². The number of nitrogens with zero attached hydrogens (tertiary/aromatic N) is 4. The summed E-state index contributed by atoms with van der Waals surface area (Å²) in [4.78, 5) is 24.0. The summed E-state index contributed by atoms with van der Waals surface area (Å²) in [5, 5.41) is 10.2. The maximum atomic E-state index is 13.3. The van der Waals surface area contributed by atoms with Gasteiger partial charge in [-0.1, -0.05) is 29.0 Å². The third-order valence-corrected chi connectivity index (χ3v) is 5.97. The number of hydrogen-bond donors (Lipinski definition) is 0. The zero-order valence-electron chi connectivity index (χ0n) is 15.5. The molecule has 0 saturated heterocycles. The van der Waals surface area contributed by atoms with Crippen molar-refractivity contribution in [3.8, 4) is 6.07 Å². The highest BCUT2D eigenvalue weighted by Gasteiger charge is 2.23. The van der Waals surface area contributed by atoms with Gasteiger partial charge in [0.05, 0.1) is 34.1 Å². The van der Waals surface area contributed by atoms with Gasteiger partial charge in [0, 0.05) is 16.8 Å². The molecule has 2 aromatic heterocycles. The van der Waals surface area contributed by atoms with Crippen molar-refractivity contribution < 1.29 is 4.79 Å². The molecule has 0 spiro atoms. The van der Waals surface area contributed by atoms with Crippen LogP contribution in [0.4, 0.5) is 5.13 Å². The molecule has 0 unspecified atom stereocenters. The fourth-order valence-corrected chi connectivity index (χ4v) is 4.10. The van der Waals surface area contributed by atoms with Gasteiger partial charge in [0.15, 0.2) is 5.13 Å². The Hall–Kier alpha value is -3.27. The van der Waals surface area contributed by atoms with Crippen molar-refractivity contribution in [3.05, 3.63) is 88.2 Å². The van der Waals surface area contributed by atoms with Crippen molar-refractivity contribution >= 4 is 44.2 Å². The number of thiazole rings is 1. The van der Waals surface area contributed by atoms with Gasteiger partial charge in [0.25, 0.3) is 5.91 Å². The number of nitriles is 1. The number of rotatable bonds is 4. The predicted molar refractivity (Wildman–Crippen MR) is 115 cm³/mol. The third kappa shape index (κ3) is 3.83. The van der Waals surface area contributed by atoms with Crippen molar-refractivity contribution in [1.82, 2.24) is 9.97 Å². The maximum absolute atomic E-state index is 13.3. The molecule has 0 N–H and O–H groups in total. The summed E-state index contributed by atoms with van der Waals surface area (Å²) >= 11 is 7.67. The number of aromatic nitrogens is 2. The Morgan fingerprint density at radius 1 is 1.17 bits per heavy atom. The van der Waals surface area contributed by atoms with E-state index in [1.54, 1.807) is 35.4 Å². The van der Waals surface area contributed by atoms with E-state index in [9.17, 15) is 4.79 Å². The number of amides is 1. The summed E-state index contributed by atoms with van der Waals surface area (Å²) in [7, 11) is 0. The van der Waals surface area contributed by atoms with Crippen LogP contribution >= 0.6 is 22.9 Å². The highest BCUT2D eigenvalue weighted by molar-refractivity contribution is 7.22. The molecule has 0 aliphatic rings. The molecule has 0 aliphatic carbocycles. The first-order chi connectivity index (χ1) is 14.1. The Kier molecular flexibility index (Phi) is 5.26. The molecule has 4 rings (SSSR count). The van der Waals surface area contributed by atoms with E-state index in [2.05, 4.69) is 11.1 Å². The van der Waals surface area contributed by atoms with E-state index < -0.39 is 0 Å². The molecule has 0 radical (unpaired) electrons. The molecule has 2 heterocycles. The number of pyridine rings is 1. The minimum atomic E-state index is -0.206. The highest BCUT2D eigenvalue weighted by atomic mass is 35.5. The third-order valence-electron chi connectivity index (χ3n) is 4.52. The van der Waals surface area contributed by atoms with Gasteiger partial charge in [-0.15, -0.1) is 0 Å². The quantitative estimate of drug-likeness (QED) is 0.446. The summed E-state index contributed by atoms with van der Waals surface area (Å²) in [5.74, 6) is -0.206. The lowest BCUT2D eigenvalue weighted by molar-refractivity contribution is 0.0985. The molecule has 0 aliphatic heterocycles. The molecular weight excluding hydrogens is 404 g/mol. The van der Waals surface area contributed by atoms with Crippen LogP contribution in [-0.4, -0.2) is 15.9 Å². The normalized spacial score (nSPS) is 10.7. The summed E-state index contributed by atoms with van der Waals surface area (Å²) in [6, 6.07) is 18.0. The topological polar surface area (TPSA) is 69.9 Å². The predicted octanol–water partition coefficient (Wildman–Crippen LogP) is 5.37. The van der Waals surface area contributed by atoms with Gasteiger partial charge in [0.2, 0.25) is 0 Å². The van der Waals surface area contributed by atoms with Crippen LogP contribution < -0.4 is 4.90 Å². The Morgan fingerprint density at radius 2 is 1.97 bits per heavy atom. The molecule has 2 aromatic carbocycles. The average Bonchev–Trinajstić information content (AvgIpc) is 3.20. The standard InChI is InChI=1S/C22H15ClN4OS/c1-14-18(23)9-10-19-20(14)26-22(29-19)27(13-17-4-2-3-11-25-17)21(28)16-7-5-15(12-24)6-8-16/h2-11H,13H2,1H3. The summed E-state index contributed by atoms with van der Waals surface area (Å²) in [6.45, 7) is 2.20. The first kappa shape index (κ1) is 19.1. The van der Waals surface area contributed by atoms with Crippen LogP contribution in [-0.2, 0) is 6.54 Å². The van der Waals surface area contributed by atoms with E-state index in [0.717, 1.165) is 21.5 Å². The lowest BCUT2D eigenvalue weighted by Gasteiger charge is -2.19. The summed E-state index contributed by atoms with van der Waals surface area (Å²) < 4.78 is 0.959. The van der Waals surface area contributed by atoms with Gasteiger partial charge in [-0.05, 0) is 61.0 Å². The van der Waals surface area contributed by atoms with Crippen molar-refractivity contribution in [2.45, 2.75) is 13.5 Å². The zero-order valence-corrected chi connectivity index (χ0v) is 17.0. The minimum absolute atomic E-state index is 0.206. The largest absolute Gasteiger partial charge is 0.278 e. The lowest BCUT2D eigenvalue weighted by Crippen LogP contribution is -2.30. The smallest absolute Gasteiger partial charge is 0.260 e. The molecule has 5 nitrogen and oxygen atoms in total. The van der Waals surface area contributed by atoms with E-state index in [1.165, 1.54) is 11.3 Å². The summed E-state index contributed by atoms with van der Waals surface area (Å²) in [5.41, 5.74) is 3.41. The van der Waals surface area contributed by atoms with Crippen LogP contribution in [0.25, 0.3) is 10.2 Å². The molecular formula is C22H15ClN4OS. The van der Waals surface area contributed by atoms with Gasteiger partial charge in [0.1, 0.15) is 0 Å². The van der Waals surface area contributed by atoms with Crippen LogP contribution in [0.2, 0.25) is 5.02 Å². The molecule has 0 bridgehead atoms. The minimum Gasteiger partial charge on any atom is -0.278 e. The zero-order chi connectivity index (χ0) is 20.4. The van der Waals surface area contributed by atoms with E-state index in [1.807, 2.05) is 37.3 Å². The van der Waals surface area contributed by atoms with E-state index in [-0.39, 0.29) is 12.5 Å². The molecule has 1 amide bonds. The fourth-order valence-electron chi connectivity index (χ4n) is 2.93. The first-order valence-electron chi connectivity index (χ1n) is 8.84. The molecule has 0 atom stereocenters. The van der Waals surface area contributed by atoms with E-state index in [0.29, 0.717) is 21.3 Å². The van der Waals surface area contributed by atoms with Gasteiger partial charge < -0.3 is 0 Å². The monoisotopic (exact) mass is 418 g/mol. The number of benzene rings is 2. The molecule has 0 fully saturated rings. The van der Waals surface area contributed by atoms with Crippen LogP contribution in [0.1, 0.15) is 27.2 Å². The fraction of sp³-hybridized carbons (Fsp3) is 0.0909. The number of aryl methyl sites for hydroxylation is 1. The number of anilines is 1. The number of fused-ring (bicyclic) bond motifs is 1. The second-order valence-corrected chi connectivity index (χ2v) is 7.83. The van der Waals surface area contributed by atoms with Crippen molar-refractivity contribution in [3.63, 3.8) is 0 Å². The lowest BCUT2D eigenvalue weighted by atomic mass is 10.1. The van der Waals surface area contributed by atoms with Crippen molar-refractivity contribution in [2.75, 3.05) is 4.90 Å². The first-order valence-corrected chi connectivity index (χ1v) is 10.0. The Balaban J connectivity index is 1.78. The summed E-state index contributed by atoms with van der Waals surface area (Å²) in [6.07, 6.45) is 1.70. The second-order valence-electron chi connectivity index (χ2n) is 6.42. The highest BCUT2D eigenvalue weighted by Crippen LogP contribution is 2.34. The van der Waals surface area contributed by atoms with E-state index in [4.69, 9.17) is 21.8 Å². The number of carbonyl (C=O) groups excluding carboxylic acids is 1. The van der Waals surface area contributed by atoms with Crippen molar-refractivity contribution in [1.29, 1.82) is 5.26 Å². The number of hydrogen-bond acceptors (Lipinski definition) is 5. The second kappa shape index (κ2) is 8.00. The van der Waals surface area contributed by atoms with Gasteiger partial charge in [-0.25, -0.2) is 4.98 Å². The van der Waals surface area contributed by atoms with Crippen LogP contribution in [0.5, 0.6) is 0 Å². The molecule has 7 heteroatoms. The van der Waals surface area contributed by atoms with E-state index >= 15 is 0 Å². The average molecular weight is 419 g/mol. The Morgan fingerprint density at radius 3 is 2.66 bits per heavy atom. The molecule has 0 saturated carbocycles. The van der Waals surface area contributed by atoms with Crippen LogP contribution in [0.15, 0.2) is 60.8 Å².